The monoisotopic (exact) mass is 573 g/mol. The van der Waals surface area contributed by atoms with Gasteiger partial charge in [-0.3, -0.25) is 14.6 Å². The quantitative estimate of drug-likeness (QED) is 0.421. The molecule has 0 saturated carbocycles. The minimum atomic E-state index is -1.02. The fourth-order valence-corrected chi connectivity index (χ4v) is 5.15. The lowest BCUT2D eigenvalue weighted by molar-refractivity contribution is -0.139. The molecule has 3 rings (SSSR count). The first-order chi connectivity index (χ1) is 14.5. The second-order valence-electron chi connectivity index (χ2n) is 7.51. The Kier molecular flexibility index (Phi) is 6.92. The van der Waals surface area contributed by atoms with Gasteiger partial charge in [0.15, 0.2) is 5.78 Å². The Bertz CT molecular complexity index is 1080. The number of aromatic nitrogens is 1. The lowest BCUT2D eigenvalue weighted by atomic mass is 9.74. The van der Waals surface area contributed by atoms with Crippen LogP contribution in [0.5, 0.6) is 0 Å². The zero-order valence-corrected chi connectivity index (χ0v) is 20.2. The Balaban J connectivity index is 1.70. The van der Waals surface area contributed by atoms with Crippen molar-refractivity contribution in [3.05, 3.63) is 67.1 Å². The van der Waals surface area contributed by atoms with Gasteiger partial charge in [-0.1, -0.05) is 35.3 Å². The molecule has 1 aromatic carbocycles. The van der Waals surface area contributed by atoms with Gasteiger partial charge in [0.2, 0.25) is 0 Å². The first kappa shape index (κ1) is 23.5. The highest BCUT2D eigenvalue weighted by atomic mass is 127. The maximum atomic E-state index is 12.5. The van der Waals surface area contributed by atoms with E-state index in [1.807, 2.05) is 22.6 Å². The fourth-order valence-electron chi connectivity index (χ4n) is 3.11. The number of anilines is 1. The van der Waals surface area contributed by atoms with Crippen molar-refractivity contribution in [2.75, 3.05) is 5.32 Å². The Labute approximate surface area is 202 Å². The molecule has 1 atom stereocenters. The largest absolute Gasteiger partial charge is 0.480 e. The van der Waals surface area contributed by atoms with Crippen molar-refractivity contribution >= 4 is 69.1 Å². The van der Waals surface area contributed by atoms with Crippen molar-refractivity contribution in [1.29, 1.82) is 0 Å². The number of benzene rings is 1. The molecule has 0 spiro atoms. The summed E-state index contributed by atoms with van der Waals surface area (Å²) in [6.45, 7) is 3.52. The summed E-state index contributed by atoms with van der Waals surface area (Å²) in [4.78, 5) is 40.0. The second kappa shape index (κ2) is 9.13. The van der Waals surface area contributed by atoms with Gasteiger partial charge in [0.05, 0.1) is 24.6 Å². The average molecular weight is 574 g/mol. The average Bonchev–Trinajstić information content (AvgIpc) is 2.71. The maximum absolute atomic E-state index is 12.5. The van der Waals surface area contributed by atoms with Crippen molar-refractivity contribution in [2.24, 2.45) is 5.41 Å². The molecule has 162 valence electrons. The van der Waals surface area contributed by atoms with Crippen LogP contribution in [-0.2, 0) is 16.0 Å². The van der Waals surface area contributed by atoms with Gasteiger partial charge in [0, 0.05) is 30.2 Å². The molecule has 0 fully saturated rings. The van der Waals surface area contributed by atoms with E-state index in [1.165, 1.54) is 12.4 Å². The van der Waals surface area contributed by atoms with Gasteiger partial charge in [-0.2, -0.15) is 0 Å². The van der Waals surface area contributed by atoms with Crippen LogP contribution in [0.1, 0.15) is 29.8 Å². The summed E-state index contributed by atoms with van der Waals surface area (Å²) in [6, 6.07) is 5.87. The number of aliphatic carboxylic acids is 1. The molecular weight excluding hydrogens is 556 g/mol. The molecular formula is C21H18Cl2IN3O4. The first-order valence-electron chi connectivity index (χ1n) is 9.16. The van der Waals surface area contributed by atoms with Crippen LogP contribution < -0.4 is 10.6 Å². The van der Waals surface area contributed by atoms with Crippen molar-refractivity contribution < 1.29 is 19.5 Å². The molecule has 1 unspecified atom stereocenters. The van der Waals surface area contributed by atoms with E-state index in [0.29, 0.717) is 15.0 Å². The highest BCUT2D eigenvalue weighted by molar-refractivity contribution is 14.1. The van der Waals surface area contributed by atoms with E-state index in [0.717, 1.165) is 5.56 Å². The number of nitrogens with zero attached hydrogens (tertiary/aromatic N) is 1. The molecule has 1 amide bonds. The number of pyridine rings is 1. The van der Waals surface area contributed by atoms with Gasteiger partial charge in [-0.15, -0.1) is 0 Å². The summed E-state index contributed by atoms with van der Waals surface area (Å²) in [5, 5.41) is 15.6. The van der Waals surface area contributed by atoms with Gasteiger partial charge >= 0.3 is 5.97 Å². The molecule has 31 heavy (non-hydrogen) atoms. The van der Waals surface area contributed by atoms with E-state index in [2.05, 4.69) is 15.6 Å². The molecule has 0 aliphatic heterocycles. The molecule has 0 saturated heterocycles. The summed E-state index contributed by atoms with van der Waals surface area (Å²) in [5.41, 5.74) is 1.30. The SMILES string of the molecule is CC1(C)C(=O)C(I)=C1NC(Cc1ccc(NC(=O)c2c(Cl)cncc2Cl)cc1)C(=O)O. The smallest absolute Gasteiger partial charge is 0.326 e. The van der Waals surface area contributed by atoms with Crippen molar-refractivity contribution in [1.82, 2.24) is 10.3 Å². The van der Waals surface area contributed by atoms with Crippen LogP contribution in [-0.4, -0.2) is 33.8 Å². The lowest BCUT2D eigenvalue weighted by Crippen LogP contribution is -2.50. The maximum Gasteiger partial charge on any atom is 0.326 e. The molecule has 7 nitrogen and oxygen atoms in total. The molecule has 1 aromatic heterocycles. The lowest BCUT2D eigenvalue weighted by Gasteiger charge is -2.38. The van der Waals surface area contributed by atoms with Crippen LogP contribution >= 0.6 is 45.8 Å². The van der Waals surface area contributed by atoms with Gasteiger partial charge in [0.25, 0.3) is 5.91 Å². The highest BCUT2D eigenvalue weighted by Crippen LogP contribution is 2.44. The summed E-state index contributed by atoms with van der Waals surface area (Å²) in [7, 11) is 0. The van der Waals surface area contributed by atoms with Crippen molar-refractivity contribution in [3.63, 3.8) is 0 Å². The number of nitrogens with one attached hydrogen (secondary N) is 2. The Morgan fingerprint density at radius 2 is 1.74 bits per heavy atom. The first-order valence-corrected chi connectivity index (χ1v) is 11.0. The molecule has 1 aliphatic rings. The Morgan fingerprint density at radius 1 is 1.16 bits per heavy atom. The number of Topliss-reactive ketones (excluding diaryl/α,β-unsaturated/α-hetero) is 1. The number of amides is 1. The molecule has 3 N–H and O–H groups in total. The minimum Gasteiger partial charge on any atom is -0.480 e. The number of carbonyl (C=O) groups is 3. The number of hydrogen-bond acceptors (Lipinski definition) is 5. The molecule has 1 heterocycles. The van der Waals surface area contributed by atoms with Crippen molar-refractivity contribution in [2.45, 2.75) is 26.3 Å². The standard InChI is InChI=1S/C21H18Cl2IN3O4/c1-21(2)17(16(24)18(21)28)27-14(20(30)31)7-10-3-5-11(6-4-10)26-19(29)15-12(22)8-25-9-13(15)23/h3-6,8-9,14,27H,7H2,1-2H3,(H,26,29)(H,30,31). The van der Waals surface area contributed by atoms with Gasteiger partial charge in [-0.25, -0.2) is 4.79 Å². The number of carboxylic acid groups (broad SMARTS) is 1. The Hall–Kier alpha value is -2.17. The number of carboxylic acids is 1. The second-order valence-corrected chi connectivity index (χ2v) is 9.40. The van der Waals surface area contributed by atoms with Gasteiger partial charge in [0.1, 0.15) is 6.04 Å². The summed E-state index contributed by atoms with van der Waals surface area (Å²) >= 11 is 13.9. The fraction of sp³-hybridized carbons (Fsp3) is 0.238. The summed E-state index contributed by atoms with van der Waals surface area (Å²) in [6.07, 6.45) is 2.86. The topological polar surface area (TPSA) is 108 Å². The van der Waals surface area contributed by atoms with Crippen LogP contribution in [0, 0.1) is 5.41 Å². The van der Waals surface area contributed by atoms with E-state index >= 15 is 0 Å². The molecule has 0 bridgehead atoms. The third kappa shape index (κ3) is 4.86. The van der Waals surface area contributed by atoms with Crippen molar-refractivity contribution in [3.8, 4) is 0 Å². The van der Waals surface area contributed by atoms with E-state index in [-0.39, 0.29) is 27.8 Å². The summed E-state index contributed by atoms with van der Waals surface area (Å²) in [5.74, 6) is -1.51. The molecule has 10 heteroatoms. The zero-order valence-electron chi connectivity index (χ0n) is 16.5. The predicted octanol–water partition coefficient (Wildman–Crippen LogP) is 4.48. The van der Waals surface area contributed by atoms with Crippen LogP contribution in [0.2, 0.25) is 10.0 Å². The van der Waals surface area contributed by atoms with Crippen LogP contribution in [0.15, 0.2) is 45.9 Å². The van der Waals surface area contributed by atoms with Gasteiger partial charge in [-0.05, 0) is 54.1 Å². The molecule has 2 aromatic rings. The number of ketones is 1. The minimum absolute atomic E-state index is 0.00534. The number of hydrogen-bond donors (Lipinski definition) is 3. The van der Waals surface area contributed by atoms with Gasteiger partial charge < -0.3 is 15.7 Å². The van der Waals surface area contributed by atoms with E-state index in [9.17, 15) is 19.5 Å². The number of halogens is 3. The van der Waals surface area contributed by atoms with E-state index < -0.39 is 23.3 Å². The number of rotatable bonds is 7. The third-order valence-electron chi connectivity index (χ3n) is 4.96. The van der Waals surface area contributed by atoms with Crippen LogP contribution in [0.4, 0.5) is 5.69 Å². The molecule has 1 aliphatic carbocycles. The predicted molar refractivity (Wildman–Crippen MR) is 127 cm³/mol. The highest BCUT2D eigenvalue weighted by Gasteiger charge is 2.46. The normalized spacial score (nSPS) is 15.8. The third-order valence-corrected chi connectivity index (χ3v) is 6.56. The van der Waals surface area contributed by atoms with Crippen LogP contribution in [0.3, 0.4) is 0 Å². The zero-order chi connectivity index (χ0) is 22.9. The number of allylic oxidation sites excluding steroid dienone is 2. The van der Waals surface area contributed by atoms with Crippen LogP contribution in [0.25, 0.3) is 0 Å². The number of carbonyl (C=O) groups excluding carboxylic acids is 2. The van der Waals surface area contributed by atoms with E-state index in [1.54, 1.807) is 38.1 Å². The molecule has 0 radical (unpaired) electrons. The summed E-state index contributed by atoms with van der Waals surface area (Å²) < 4.78 is 0.528. The van der Waals surface area contributed by atoms with E-state index in [4.69, 9.17) is 23.2 Å². The Morgan fingerprint density at radius 3 is 2.26 bits per heavy atom.